The number of ether oxygens (including phenoxy) is 1. The van der Waals surface area contributed by atoms with Gasteiger partial charge in [-0.15, -0.1) is 0 Å². The quantitative estimate of drug-likeness (QED) is 0.841. The van der Waals surface area contributed by atoms with E-state index in [-0.39, 0.29) is 12.1 Å². The van der Waals surface area contributed by atoms with Crippen LogP contribution >= 0.6 is 0 Å². The smallest absolute Gasteiger partial charge is 0.322 e. The molecule has 2 N–H and O–H groups in total. The Balaban J connectivity index is 2.26. The van der Waals surface area contributed by atoms with E-state index >= 15 is 0 Å². The molecule has 0 spiro atoms. The van der Waals surface area contributed by atoms with Gasteiger partial charge in [-0.2, -0.15) is 0 Å². The second-order valence-electron chi connectivity index (χ2n) is 4.49. The topological polar surface area (TPSA) is 53.6 Å². The number of nitrogens with zero attached hydrogens (tertiary/aromatic N) is 1. The Labute approximate surface area is 107 Å². The number of benzene rings is 1. The van der Waals surface area contributed by atoms with E-state index in [1.165, 1.54) is 0 Å². The lowest BCUT2D eigenvalue weighted by atomic mass is 10.2. The predicted molar refractivity (Wildman–Crippen MR) is 71.3 cm³/mol. The largest absolute Gasteiger partial charge is 0.495 e. The molecule has 0 saturated carbocycles. The number of anilines is 1. The predicted octanol–water partition coefficient (Wildman–Crippen LogP) is 1.12. The highest BCUT2D eigenvalue weighted by molar-refractivity contribution is 5.96. The third-order valence-electron chi connectivity index (χ3n) is 3.05. The number of hydrogen-bond donors (Lipinski definition) is 2. The molecule has 1 unspecified atom stereocenters. The highest BCUT2D eigenvalue weighted by atomic mass is 16.5. The zero-order valence-electron chi connectivity index (χ0n) is 11.0. The zero-order chi connectivity index (χ0) is 13.1. The molecule has 1 aromatic carbocycles. The van der Waals surface area contributed by atoms with Crippen molar-refractivity contribution in [2.45, 2.75) is 13.0 Å². The molecule has 1 aliphatic heterocycles. The summed E-state index contributed by atoms with van der Waals surface area (Å²) in [5.74, 6) is 0.723. The van der Waals surface area contributed by atoms with Crippen molar-refractivity contribution in [3.05, 3.63) is 23.8 Å². The first kappa shape index (κ1) is 12.7. The molecule has 1 aliphatic rings. The van der Waals surface area contributed by atoms with Crippen LogP contribution in [0.15, 0.2) is 18.2 Å². The summed E-state index contributed by atoms with van der Waals surface area (Å²) in [6.07, 6.45) is 0. The van der Waals surface area contributed by atoms with E-state index in [1.807, 2.05) is 32.2 Å². The van der Waals surface area contributed by atoms with Crippen molar-refractivity contribution in [2.75, 3.05) is 32.1 Å². The van der Waals surface area contributed by atoms with Crippen molar-refractivity contribution < 1.29 is 9.53 Å². The Bertz CT molecular complexity index is 448. The maximum atomic E-state index is 12.0. The summed E-state index contributed by atoms with van der Waals surface area (Å²) in [4.78, 5) is 13.7. The minimum Gasteiger partial charge on any atom is -0.495 e. The van der Waals surface area contributed by atoms with Crippen molar-refractivity contribution in [2.24, 2.45) is 0 Å². The highest BCUT2D eigenvalue weighted by Crippen LogP contribution is 2.30. The molecule has 1 heterocycles. The van der Waals surface area contributed by atoms with E-state index in [0.717, 1.165) is 23.5 Å². The number of carbonyl (C=O) groups excluding carboxylic acids is 1. The van der Waals surface area contributed by atoms with E-state index in [0.29, 0.717) is 6.54 Å². The number of carbonyl (C=O) groups is 1. The van der Waals surface area contributed by atoms with Gasteiger partial charge in [-0.05, 0) is 31.7 Å². The molecule has 0 aliphatic carbocycles. The number of aryl methyl sites for hydroxylation is 1. The molecule has 2 rings (SSSR count). The maximum Gasteiger partial charge on any atom is 0.322 e. The molecular formula is C13H19N3O2. The molecule has 1 aromatic rings. The number of nitrogens with one attached hydrogen (secondary N) is 2. The van der Waals surface area contributed by atoms with Gasteiger partial charge in [-0.3, -0.25) is 4.90 Å². The van der Waals surface area contributed by atoms with Crippen molar-refractivity contribution in [3.63, 3.8) is 0 Å². The normalized spacial score (nSPS) is 18.9. The number of hydrogen-bond acceptors (Lipinski definition) is 3. The fourth-order valence-corrected chi connectivity index (χ4v) is 2.18. The van der Waals surface area contributed by atoms with E-state index < -0.39 is 0 Å². The zero-order valence-corrected chi connectivity index (χ0v) is 11.0. The van der Waals surface area contributed by atoms with Crippen LogP contribution in [0.5, 0.6) is 5.75 Å². The van der Waals surface area contributed by atoms with Gasteiger partial charge in [-0.25, -0.2) is 4.79 Å². The molecule has 18 heavy (non-hydrogen) atoms. The molecule has 1 atom stereocenters. The Kier molecular flexibility index (Phi) is 3.72. The average molecular weight is 249 g/mol. The van der Waals surface area contributed by atoms with Gasteiger partial charge in [0.2, 0.25) is 0 Å². The van der Waals surface area contributed by atoms with Gasteiger partial charge in [0, 0.05) is 13.1 Å². The number of methoxy groups -OCH3 is 1. The Morgan fingerprint density at radius 1 is 1.56 bits per heavy atom. The van der Waals surface area contributed by atoms with Crippen LogP contribution < -0.4 is 20.3 Å². The molecule has 98 valence electrons. The van der Waals surface area contributed by atoms with Crippen LogP contribution in [0.1, 0.15) is 5.56 Å². The fraction of sp³-hybridized carbons (Fsp3) is 0.462. The second kappa shape index (κ2) is 5.27. The van der Waals surface area contributed by atoms with E-state index in [2.05, 4.69) is 10.6 Å². The first-order valence-corrected chi connectivity index (χ1v) is 6.03. The summed E-state index contributed by atoms with van der Waals surface area (Å²) in [6, 6.07) is 5.90. The van der Waals surface area contributed by atoms with Gasteiger partial charge < -0.3 is 15.4 Å². The monoisotopic (exact) mass is 249 g/mol. The van der Waals surface area contributed by atoms with Crippen LogP contribution in [-0.4, -0.2) is 39.3 Å². The number of amides is 2. The van der Waals surface area contributed by atoms with Gasteiger partial charge >= 0.3 is 6.03 Å². The van der Waals surface area contributed by atoms with Crippen molar-refractivity contribution >= 4 is 11.7 Å². The molecule has 1 fully saturated rings. The summed E-state index contributed by atoms with van der Waals surface area (Å²) < 4.78 is 5.32. The van der Waals surface area contributed by atoms with Gasteiger partial charge in [0.1, 0.15) is 5.75 Å². The van der Waals surface area contributed by atoms with Crippen LogP contribution in [0.2, 0.25) is 0 Å². The lowest BCUT2D eigenvalue weighted by molar-refractivity contribution is 0.250. The molecule has 5 heteroatoms. The SMILES string of the molecule is CNCC1CN(c2cc(C)ccc2OC)C(=O)N1. The average Bonchev–Trinajstić information content (AvgIpc) is 2.70. The fourth-order valence-electron chi connectivity index (χ4n) is 2.18. The van der Waals surface area contributed by atoms with Crippen molar-refractivity contribution in [1.82, 2.24) is 10.6 Å². The minimum absolute atomic E-state index is 0.0702. The lowest BCUT2D eigenvalue weighted by Crippen LogP contribution is -2.35. The van der Waals surface area contributed by atoms with E-state index in [1.54, 1.807) is 12.0 Å². The third kappa shape index (κ3) is 2.41. The summed E-state index contributed by atoms with van der Waals surface area (Å²) >= 11 is 0. The molecule has 0 bridgehead atoms. The third-order valence-corrected chi connectivity index (χ3v) is 3.05. The molecule has 1 saturated heterocycles. The summed E-state index contributed by atoms with van der Waals surface area (Å²) in [6.45, 7) is 3.41. The summed E-state index contributed by atoms with van der Waals surface area (Å²) in [5.41, 5.74) is 1.93. The van der Waals surface area contributed by atoms with Gasteiger partial charge in [0.05, 0.1) is 18.8 Å². The first-order chi connectivity index (χ1) is 8.65. The van der Waals surface area contributed by atoms with Crippen LogP contribution in [0.4, 0.5) is 10.5 Å². The first-order valence-electron chi connectivity index (χ1n) is 6.03. The van der Waals surface area contributed by atoms with Crippen molar-refractivity contribution in [1.29, 1.82) is 0 Å². The summed E-state index contributed by atoms with van der Waals surface area (Å²) in [5, 5.41) is 6.01. The Hall–Kier alpha value is -1.75. The molecule has 0 aromatic heterocycles. The standard InChI is InChI=1S/C13H19N3O2/c1-9-4-5-12(18-3)11(6-9)16-8-10(7-14-2)15-13(16)17/h4-6,10,14H,7-8H2,1-3H3,(H,15,17). The Morgan fingerprint density at radius 3 is 3.00 bits per heavy atom. The molecule has 2 amide bonds. The summed E-state index contributed by atoms with van der Waals surface area (Å²) in [7, 11) is 3.50. The van der Waals surface area contributed by atoms with Gasteiger partial charge in [0.15, 0.2) is 0 Å². The molecular weight excluding hydrogens is 230 g/mol. The van der Waals surface area contributed by atoms with E-state index in [9.17, 15) is 4.79 Å². The van der Waals surface area contributed by atoms with Gasteiger partial charge in [0.25, 0.3) is 0 Å². The van der Waals surface area contributed by atoms with E-state index in [4.69, 9.17) is 4.74 Å². The Morgan fingerprint density at radius 2 is 2.33 bits per heavy atom. The lowest BCUT2D eigenvalue weighted by Gasteiger charge is -2.18. The van der Waals surface area contributed by atoms with Crippen LogP contribution in [0.3, 0.4) is 0 Å². The van der Waals surface area contributed by atoms with Crippen molar-refractivity contribution in [3.8, 4) is 5.75 Å². The van der Waals surface area contributed by atoms with Crippen LogP contribution in [0, 0.1) is 6.92 Å². The number of likely N-dealkylation sites (N-methyl/N-ethyl adjacent to an activating group) is 1. The number of rotatable bonds is 4. The maximum absolute atomic E-state index is 12.0. The van der Waals surface area contributed by atoms with Gasteiger partial charge in [-0.1, -0.05) is 6.07 Å². The molecule has 5 nitrogen and oxygen atoms in total. The van der Waals surface area contributed by atoms with Crippen LogP contribution in [-0.2, 0) is 0 Å². The highest BCUT2D eigenvalue weighted by Gasteiger charge is 2.30. The second-order valence-corrected chi connectivity index (χ2v) is 4.49. The molecule has 0 radical (unpaired) electrons. The minimum atomic E-state index is -0.0702. The van der Waals surface area contributed by atoms with Crippen LogP contribution in [0.25, 0.3) is 0 Å². The number of urea groups is 1.